The van der Waals surface area contributed by atoms with Gasteiger partial charge in [-0.25, -0.2) is 0 Å². The summed E-state index contributed by atoms with van der Waals surface area (Å²) in [6.07, 6.45) is 6.23. The molecule has 0 radical (unpaired) electrons. The van der Waals surface area contributed by atoms with Gasteiger partial charge in [0.05, 0.1) is 19.8 Å². The fraction of sp³-hybridized carbons (Fsp3) is 0.800. The van der Waals surface area contributed by atoms with Crippen molar-refractivity contribution in [1.82, 2.24) is 4.90 Å². The summed E-state index contributed by atoms with van der Waals surface area (Å²) in [4.78, 5) is 14.0. The van der Waals surface area contributed by atoms with Crippen LogP contribution in [0.4, 0.5) is 0 Å². The summed E-state index contributed by atoms with van der Waals surface area (Å²) in [7, 11) is 0. The van der Waals surface area contributed by atoms with E-state index in [1.54, 1.807) is 0 Å². The van der Waals surface area contributed by atoms with Crippen LogP contribution < -0.4 is 0 Å². The lowest BCUT2D eigenvalue weighted by atomic mass is 9.92. The van der Waals surface area contributed by atoms with E-state index in [-0.39, 0.29) is 5.97 Å². The molecule has 0 bridgehead atoms. The zero-order valence-corrected chi connectivity index (χ0v) is 12.0. The minimum atomic E-state index is -0.0677. The van der Waals surface area contributed by atoms with Gasteiger partial charge in [-0.2, -0.15) is 0 Å². The topological polar surface area (TPSA) is 38.8 Å². The lowest BCUT2D eigenvalue weighted by Gasteiger charge is -2.35. The van der Waals surface area contributed by atoms with Gasteiger partial charge in [0.2, 0.25) is 0 Å². The van der Waals surface area contributed by atoms with Crippen LogP contribution in [0.15, 0.2) is 11.3 Å². The third-order valence-electron chi connectivity index (χ3n) is 3.88. The van der Waals surface area contributed by atoms with Gasteiger partial charge in [0.1, 0.15) is 0 Å². The van der Waals surface area contributed by atoms with Crippen molar-refractivity contribution in [2.75, 3.05) is 32.9 Å². The fourth-order valence-electron chi connectivity index (χ4n) is 2.92. The molecule has 108 valence electrons. The van der Waals surface area contributed by atoms with Crippen LogP contribution in [-0.2, 0) is 14.3 Å². The van der Waals surface area contributed by atoms with E-state index in [9.17, 15) is 4.79 Å². The summed E-state index contributed by atoms with van der Waals surface area (Å²) in [5.74, 6) is -0.0677. The summed E-state index contributed by atoms with van der Waals surface area (Å²) in [6.45, 7) is 5.99. The highest BCUT2D eigenvalue weighted by Crippen LogP contribution is 2.30. The number of morpholine rings is 1. The van der Waals surface area contributed by atoms with Gasteiger partial charge in [0, 0.05) is 25.2 Å². The second-order valence-corrected chi connectivity index (χ2v) is 5.16. The second kappa shape index (κ2) is 7.53. The Morgan fingerprint density at radius 1 is 1.26 bits per heavy atom. The van der Waals surface area contributed by atoms with Crippen molar-refractivity contribution in [3.63, 3.8) is 0 Å². The fourth-order valence-corrected chi connectivity index (χ4v) is 2.92. The van der Waals surface area contributed by atoms with Crippen molar-refractivity contribution < 1.29 is 14.3 Å². The van der Waals surface area contributed by atoms with E-state index in [2.05, 4.69) is 4.90 Å². The second-order valence-electron chi connectivity index (χ2n) is 5.16. The van der Waals surface area contributed by atoms with Crippen LogP contribution in [0.25, 0.3) is 0 Å². The molecule has 1 aliphatic heterocycles. The molecule has 2 rings (SSSR count). The highest BCUT2D eigenvalue weighted by molar-refractivity contribution is 5.69. The van der Waals surface area contributed by atoms with Crippen LogP contribution in [0.1, 0.15) is 45.4 Å². The number of hydrogen-bond acceptors (Lipinski definition) is 4. The Bertz CT molecular complexity index is 332. The Labute approximate surface area is 115 Å². The summed E-state index contributed by atoms with van der Waals surface area (Å²) >= 11 is 0. The monoisotopic (exact) mass is 267 g/mol. The summed E-state index contributed by atoms with van der Waals surface area (Å²) in [5.41, 5.74) is 2.96. The molecular weight excluding hydrogens is 242 g/mol. The van der Waals surface area contributed by atoms with Crippen molar-refractivity contribution in [2.45, 2.75) is 45.4 Å². The molecule has 4 heteroatoms. The molecule has 1 heterocycles. The SMILES string of the molecule is CCOC(=O)CCC1=C(N2CCOCC2)CCCC1. The first kappa shape index (κ1) is 14.4. The van der Waals surface area contributed by atoms with Crippen LogP contribution in [0, 0.1) is 0 Å². The summed E-state index contributed by atoms with van der Waals surface area (Å²) in [6, 6.07) is 0. The third kappa shape index (κ3) is 4.23. The van der Waals surface area contributed by atoms with Crippen LogP contribution in [0.2, 0.25) is 0 Å². The van der Waals surface area contributed by atoms with Gasteiger partial charge in [0.25, 0.3) is 0 Å². The van der Waals surface area contributed by atoms with E-state index < -0.39 is 0 Å². The van der Waals surface area contributed by atoms with Crippen molar-refractivity contribution in [3.8, 4) is 0 Å². The zero-order valence-electron chi connectivity index (χ0n) is 12.0. The number of nitrogens with zero attached hydrogens (tertiary/aromatic N) is 1. The number of hydrogen-bond donors (Lipinski definition) is 0. The van der Waals surface area contributed by atoms with E-state index in [4.69, 9.17) is 9.47 Å². The van der Waals surface area contributed by atoms with Gasteiger partial charge < -0.3 is 14.4 Å². The van der Waals surface area contributed by atoms with Crippen molar-refractivity contribution in [3.05, 3.63) is 11.3 Å². The molecule has 0 aromatic carbocycles. The third-order valence-corrected chi connectivity index (χ3v) is 3.88. The molecule has 0 unspecified atom stereocenters. The van der Waals surface area contributed by atoms with E-state index in [1.807, 2.05) is 6.92 Å². The lowest BCUT2D eigenvalue weighted by Crippen LogP contribution is -2.36. The molecule has 2 aliphatic rings. The molecule has 19 heavy (non-hydrogen) atoms. The molecule has 0 amide bonds. The molecule has 1 fully saturated rings. The number of ether oxygens (including phenoxy) is 2. The van der Waals surface area contributed by atoms with E-state index in [0.717, 1.165) is 45.6 Å². The quantitative estimate of drug-likeness (QED) is 0.717. The zero-order chi connectivity index (χ0) is 13.5. The lowest BCUT2D eigenvalue weighted by molar-refractivity contribution is -0.143. The maximum atomic E-state index is 11.5. The standard InChI is InChI=1S/C15H25NO3/c1-2-19-15(17)8-7-13-5-3-4-6-14(13)16-9-11-18-12-10-16/h2-12H2,1H3. The first-order chi connectivity index (χ1) is 9.31. The van der Waals surface area contributed by atoms with Gasteiger partial charge in [-0.3, -0.25) is 4.79 Å². The van der Waals surface area contributed by atoms with E-state index in [1.165, 1.54) is 24.1 Å². The Kier molecular flexibility index (Phi) is 5.70. The van der Waals surface area contributed by atoms with Crippen LogP contribution in [0.3, 0.4) is 0 Å². The van der Waals surface area contributed by atoms with Crippen LogP contribution >= 0.6 is 0 Å². The minimum absolute atomic E-state index is 0.0677. The molecule has 4 nitrogen and oxygen atoms in total. The first-order valence-electron chi connectivity index (χ1n) is 7.50. The molecule has 0 atom stereocenters. The Morgan fingerprint density at radius 3 is 2.74 bits per heavy atom. The van der Waals surface area contributed by atoms with E-state index in [0.29, 0.717) is 13.0 Å². The molecule has 1 aliphatic carbocycles. The van der Waals surface area contributed by atoms with Crippen molar-refractivity contribution in [2.24, 2.45) is 0 Å². The number of allylic oxidation sites excluding steroid dienone is 2. The molecule has 0 spiro atoms. The van der Waals surface area contributed by atoms with E-state index >= 15 is 0 Å². The van der Waals surface area contributed by atoms with Gasteiger partial charge in [-0.05, 0) is 39.0 Å². The van der Waals surface area contributed by atoms with Crippen LogP contribution in [-0.4, -0.2) is 43.8 Å². The van der Waals surface area contributed by atoms with Gasteiger partial charge >= 0.3 is 5.97 Å². The van der Waals surface area contributed by atoms with Crippen molar-refractivity contribution >= 4 is 5.97 Å². The molecule has 0 N–H and O–H groups in total. The average molecular weight is 267 g/mol. The molecule has 0 saturated carbocycles. The summed E-state index contributed by atoms with van der Waals surface area (Å²) in [5, 5.41) is 0. The number of carbonyl (C=O) groups excluding carboxylic acids is 1. The van der Waals surface area contributed by atoms with Crippen molar-refractivity contribution in [1.29, 1.82) is 0 Å². The predicted molar refractivity (Wildman–Crippen MR) is 73.8 cm³/mol. The smallest absolute Gasteiger partial charge is 0.306 e. The van der Waals surface area contributed by atoms with Crippen LogP contribution in [0.5, 0.6) is 0 Å². The molecule has 0 aromatic rings. The molecule has 1 saturated heterocycles. The normalized spacial score (nSPS) is 20.6. The highest BCUT2D eigenvalue weighted by Gasteiger charge is 2.20. The minimum Gasteiger partial charge on any atom is -0.466 e. The molecule has 0 aromatic heterocycles. The Balaban J connectivity index is 1.95. The average Bonchev–Trinajstić information content (AvgIpc) is 2.47. The Hall–Kier alpha value is -1.03. The summed E-state index contributed by atoms with van der Waals surface area (Å²) < 4.78 is 10.4. The Morgan fingerprint density at radius 2 is 2.00 bits per heavy atom. The van der Waals surface area contributed by atoms with Gasteiger partial charge in [-0.15, -0.1) is 0 Å². The largest absolute Gasteiger partial charge is 0.466 e. The number of esters is 1. The maximum Gasteiger partial charge on any atom is 0.306 e. The maximum absolute atomic E-state index is 11.5. The number of carbonyl (C=O) groups is 1. The number of rotatable bonds is 5. The van der Waals surface area contributed by atoms with Gasteiger partial charge in [-0.1, -0.05) is 5.57 Å². The highest BCUT2D eigenvalue weighted by atomic mass is 16.5. The molecular formula is C15H25NO3. The van der Waals surface area contributed by atoms with Gasteiger partial charge in [0.15, 0.2) is 0 Å². The predicted octanol–water partition coefficient (Wildman–Crippen LogP) is 2.49. The first-order valence-corrected chi connectivity index (χ1v) is 7.50.